The van der Waals surface area contributed by atoms with Crippen molar-refractivity contribution in [1.29, 1.82) is 0 Å². The summed E-state index contributed by atoms with van der Waals surface area (Å²) >= 11 is 0. The zero-order valence-corrected chi connectivity index (χ0v) is 16.8. The average molecular weight is 455 g/mol. The van der Waals surface area contributed by atoms with Gasteiger partial charge in [0.1, 0.15) is 11.9 Å². The number of rotatable bonds is 5. The minimum Gasteiger partial charge on any atom is -0.490 e. The number of nitrogens with zero attached hydrogens (tertiary/aromatic N) is 3. The minimum absolute atomic E-state index is 0. The van der Waals surface area contributed by atoms with E-state index in [9.17, 15) is 0 Å². The van der Waals surface area contributed by atoms with Gasteiger partial charge in [0.2, 0.25) is 0 Å². The maximum absolute atomic E-state index is 6.06. The quantitative estimate of drug-likeness (QED) is 0.414. The Hall–Kier alpha value is -1.77. The highest BCUT2D eigenvalue weighted by atomic mass is 127. The Morgan fingerprint density at radius 1 is 1.28 bits per heavy atom. The van der Waals surface area contributed by atoms with Crippen LogP contribution in [0.15, 0.2) is 47.6 Å². The average Bonchev–Trinajstić information content (AvgIpc) is 3.14. The maximum Gasteiger partial charge on any atom is 0.194 e. The summed E-state index contributed by atoms with van der Waals surface area (Å²) < 4.78 is 6.06. The third kappa shape index (κ3) is 5.91. The molecule has 0 unspecified atom stereocenters. The molecule has 7 heteroatoms. The molecule has 0 aliphatic carbocycles. The zero-order chi connectivity index (χ0) is 16.6. The smallest absolute Gasteiger partial charge is 0.194 e. The van der Waals surface area contributed by atoms with Gasteiger partial charge < -0.3 is 15.0 Å². The second kappa shape index (κ2) is 10.3. The number of piperidine rings is 1. The number of hydrogen-bond donors (Lipinski definition) is 2. The third-order valence-corrected chi connectivity index (χ3v) is 4.08. The van der Waals surface area contributed by atoms with Crippen LogP contribution in [-0.2, 0) is 6.54 Å². The fraction of sp³-hybridized carbons (Fsp3) is 0.444. The number of para-hydroxylation sites is 1. The van der Waals surface area contributed by atoms with E-state index in [4.69, 9.17) is 9.73 Å². The van der Waals surface area contributed by atoms with Gasteiger partial charge in [-0.3, -0.25) is 5.10 Å². The first-order valence-electron chi connectivity index (χ1n) is 8.58. The lowest BCUT2D eigenvalue weighted by molar-refractivity contribution is 0.129. The molecule has 1 aromatic carbocycles. The SMILES string of the molecule is CCNC(=NCc1ccn[nH]1)N1CCC(Oc2ccccc2)CC1.I. The molecular formula is C18H26IN5O. The van der Waals surface area contributed by atoms with Crippen LogP contribution in [0.2, 0.25) is 0 Å². The summed E-state index contributed by atoms with van der Waals surface area (Å²) in [6, 6.07) is 12.0. The normalized spacial score (nSPS) is 15.6. The third-order valence-electron chi connectivity index (χ3n) is 4.08. The number of ether oxygens (including phenoxy) is 1. The number of aliphatic imine (C=N–C) groups is 1. The number of benzene rings is 1. The van der Waals surface area contributed by atoms with Crippen molar-refractivity contribution in [2.75, 3.05) is 19.6 Å². The van der Waals surface area contributed by atoms with Gasteiger partial charge in [0.25, 0.3) is 0 Å². The Morgan fingerprint density at radius 3 is 2.68 bits per heavy atom. The van der Waals surface area contributed by atoms with Crippen LogP contribution in [0.25, 0.3) is 0 Å². The molecule has 0 amide bonds. The highest BCUT2D eigenvalue weighted by molar-refractivity contribution is 14.0. The van der Waals surface area contributed by atoms with Crippen molar-refractivity contribution in [3.63, 3.8) is 0 Å². The molecule has 136 valence electrons. The molecule has 6 nitrogen and oxygen atoms in total. The van der Waals surface area contributed by atoms with Crippen molar-refractivity contribution in [2.45, 2.75) is 32.4 Å². The number of halogens is 1. The minimum atomic E-state index is 0. The number of likely N-dealkylation sites (tertiary alicyclic amines) is 1. The van der Waals surface area contributed by atoms with Crippen molar-refractivity contribution < 1.29 is 4.74 Å². The summed E-state index contributed by atoms with van der Waals surface area (Å²) in [6.07, 6.45) is 4.04. The summed E-state index contributed by atoms with van der Waals surface area (Å²) in [5, 5.41) is 10.3. The predicted octanol–water partition coefficient (Wildman–Crippen LogP) is 3.04. The summed E-state index contributed by atoms with van der Waals surface area (Å²) in [5.74, 6) is 1.92. The molecule has 1 aromatic heterocycles. The van der Waals surface area contributed by atoms with Gasteiger partial charge in [-0.15, -0.1) is 24.0 Å². The standard InChI is InChI=1S/C18H25N5O.HI/c1-2-19-18(20-14-15-8-11-21-22-15)23-12-9-17(10-13-23)24-16-6-4-3-5-7-16;/h3-8,11,17H,2,9-10,12-14H2,1H3,(H,19,20)(H,21,22);1H. The second-order valence-corrected chi connectivity index (χ2v) is 5.87. The summed E-state index contributed by atoms with van der Waals surface area (Å²) in [5.41, 5.74) is 1.02. The molecule has 0 atom stereocenters. The topological polar surface area (TPSA) is 65.5 Å². The first kappa shape index (κ1) is 19.6. The summed E-state index contributed by atoms with van der Waals surface area (Å²) in [4.78, 5) is 7.02. The second-order valence-electron chi connectivity index (χ2n) is 5.87. The van der Waals surface area contributed by atoms with Crippen molar-refractivity contribution in [1.82, 2.24) is 20.4 Å². The van der Waals surface area contributed by atoms with Crippen LogP contribution in [0.4, 0.5) is 0 Å². The van der Waals surface area contributed by atoms with Crippen LogP contribution in [0.3, 0.4) is 0 Å². The maximum atomic E-state index is 6.06. The van der Waals surface area contributed by atoms with Crippen LogP contribution < -0.4 is 10.1 Å². The first-order valence-corrected chi connectivity index (χ1v) is 8.58. The van der Waals surface area contributed by atoms with Crippen molar-refractivity contribution in [3.05, 3.63) is 48.3 Å². The molecule has 2 N–H and O–H groups in total. The Labute approximate surface area is 166 Å². The van der Waals surface area contributed by atoms with Gasteiger partial charge in [-0.25, -0.2) is 4.99 Å². The highest BCUT2D eigenvalue weighted by Crippen LogP contribution is 2.18. The van der Waals surface area contributed by atoms with Crippen molar-refractivity contribution in [3.8, 4) is 5.75 Å². The molecule has 2 heterocycles. The first-order chi connectivity index (χ1) is 11.8. The fourth-order valence-electron chi connectivity index (χ4n) is 2.84. The Kier molecular flexibility index (Phi) is 8.03. The van der Waals surface area contributed by atoms with Gasteiger partial charge in [-0.2, -0.15) is 5.10 Å². The molecule has 1 aliphatic rings. The Bertz CT molecular complexity index is 624. The fourth-order valence-corrected chi connectivity index (χ4v) is 2.84. The molecule has 1 aliphatic heterocycles. The number of aromatic nitrogens is 2. The largest absolute Gasteiger partial charge is 0.490 e. The van der Waals surface area contributed by atoms with Crippen molar-refractivity contribution in [2.24, 2.45) is 4.99 Å². The summed E-state index contributed by atoms with van der Waals surface area (Å²) in [7, 11) is 0. The highest BCUT2D eigenvalue weighted by Gasteiger charge is 2.22. The molecular weight excluding hydrogens is 429 g/mol. The van der Waals surface area contributed by atoms with Gasteiger partial charge in [0.05, 0.1) is 12.2 Å². The van der Waals surface area contributed by atoms with Gasteiger partial charge >= 0.3 is 0 Å². The zero-order valence-electron chi connectivity index (χ0n) is 14.5. The number of aromatic amines is 1. The van der Waals surface area contributed by atoms with E-state index in [1.165, 1.54) is 0 Å². The van der Waals surface area contributed by atoms with Gasteiger partial charge in [0, 0.05) is 38.7 Å². The van der Waals surface area contributed by atoms with Gasteiger partial charge in [0.15, 0.2) is 5.96 Å². The van der Waals surface area contributed by atoms with Crippen LogP contribution in [0.5, 0.6) is 5.75 Å². The molecule has 0 saturated carbocycles. The van der Waals surface area contributed by atoms with Crippen LogP contribution in [0.1, 0.15) is 25.5 Å². The molecule has 3 rings (SSSR count). The van der Waals surface area contributed by atoms with Crippen LogP contribution >= 0.6 is 24.0 Å². The molecule has 0 spiro atoms. The monoisotopic (exact) mass is 455 g/mol. The van der Waals surface area contributed by atoms with Crippen LogP contribution in [-0.4, -0.2) is 46.8 Å². The predicted molar refractivity (Wildman–Crippen MR) is 110 cm³/mol. The van der Waals surface area contributed by atoms with Gasteiger partial charge in [-0.1, -0.05) is 18.2 Å². The van der Waals surface area contributed by atoms with E-state index in [2.05, 4.69) is 27.3 Å². The van der Waals surface area contributed by atoms with E-state index >= 15 is 0 Å². The molecule has 25 heavy (non-hydrogen) atoms. The Balaban J connectivity index is 0.00000225. The number of H-pyrrole nitrogens is 1. The van der Waals surface area contributed by atoms with Gasteiger partial charge in [-0.05, 0) is 25.1 Å². The lowest BCUT2D eigenvalue weighted by Crippen LogP contribution is -2.47. The van der Waals surface area contributed by atoms with Crippen molar-refractivity contribution >= 4 is 29.9 Å². The summed E-state index contributed by atoms with van der Waals surface area (Å²) in [6.45, 7) is 5.47. The molecule has 0 radical (unpaired) electrons. The van der Waals surface area contributed by atoms with E-state index in [-0.39, 0.29) is 30.1 Å². The number of nitrogens with one attached hydrogen (secondary N) is 2. The lowest BCUT2D eigenvalue weighted by atomic mass is 10.1. The van der Waals surface area contributed by atoms with E-state index in [1.54, 1.807) is 6.20 Å². The Morgan fingerprint density at radius 2 is 2.04 bits per heavy atom. The molecule has 2 aromatic rings. The van der Waals surface area contributed by atoms with E-state index < -0.39 is 0 Å². The molecule has 1 saturated heterocycles. The van der Waals surface area contributed by atoms with E-state index in [0.29, 0.717) is 6.54 Å². The lowest BCUT2D eigenvalue weighted by Gasteiger charge is -2.34. The van der Waals surface area contributed by atoms with Crippen LogP contribution in [0, 0.1) is 0 Å². The number of hydrogen-bond acceptors (Lipinski definition) is 3. The van der Waals surface area contributed by atoms with E-state index in [0.717, 1.165) is 49.9 Å². The molecule has 1 fully saturated rings. The molecule has 0 bridgehead atoms. The van der Waals surface area contributed by atoms with E-state index in [1.807, 2.05) is 36.4 Å². The number of guanidine groups is 1.